The molecule has 0 N–H and O–H groups in total. The number of ether oxygens (including phenoxy) is 2. The number of benzene rings is 2. The summed E-state index contributed by atoms with van der Waals surface area (Å²) in [5.74, 6) is 1.78. The van der Waals surface area contributed by atoms with Crippen molar-refractivity contribution in [3.05, 3.63) is 94.7 Å². The van der Waals surface area contributed by atoms with E-state index in [9.17, 15) is 4.79 Å². The second-order valence-corrected chi connectivity index (χ2v) is 15.8. The molecule has 2 heterocycles. The van der Waals surface area contributed by atoms with E-state index in [0.29, 0.717) is 42.5 Å². The number of aromatic nitrogens is 4. The Bertz CT molecular complexity index is 1720. The third-order valence-electron chi connectivity index (χ3n) is 8.35. The third-order valence-corrected chi connectivity index (χ3v) is 8.35. The second-order valence-electron chi connectivity index (χ2n) is 15.8. The first-order chi connectivity index (χ1) is 23.5. The highest BCUT2D eigenvalue weighted by atomic mass is 16.5. The van der Waals surface area contributed by atoms with E-state index in [-0.39, 0.29) is 35.9 Å². The predicted molar refractivity (Wildman–Crippen MR) is 202 cm³/mol. The molecule has 0 aliphatic carbocycles. The molecule has 0 aliphatic heterocycles. The zero-order chi connectivity index (χ0) is 36.6. The summed E-state index contributed by atoms with van der Waals surface area (Å²) in [6.45, 7) is 23.8. The Morgan fingerprint density at radius 3 is 2.20 bits per heavy atom. The van der Waals surface area contributed by atoms with Crippen molar-refractivity contribution in [1.82, 2.24) is 24.8 Å². The van der Waals surface area contributed by atoms with Crippen LogP contribution in [0.3, 0.4) is 0 Å². The minimum Gasteiger partial charge on any atom is -0.475 e. The van der Waals surface area contributed by atoms with Crippen LogP contribution in [-0.4, -0.2) is 70.2 Å². The number of rotatable bonds is 14. The van der Waals surface area contributed by atoms with Gasteiger partial charge in [0.2, 0.25) is 5.88 Å². The first kappa shape index (κ1) is 38.4. The number of anilines is 1. The van der Waals surface area contributed by atoms with Crippen molar-refractivity contribution in [2.45, 2.75) is 88.2 Å². The standard InChI is InChI=1S/C41H56N6O3/c1-28-14-12-17-32(20-28)39(48)47(25-33-23-42-24-36(45-33)46(18-19-49-11)27-41(8,9)10)34(22-40(5,6)7)26-50-37-21-35(43-31(4)44-37)38-29(2)15-13-16-30(38)3/h12-17,20-21,23-24,34H,18-19,22,25-27H2,1-11H3/t34-/m1/s1. The summed E-state index contributed by atoms with van der Waals surface area (Å²) in [6.07, 6.45) is 4.24. The fraction of sp³-hybridized carbons (Fsp3) is 0.488. The van der Waals surface area contributed by atoms with Crippen LogP contribution in [0, 0.1) is 38.5 Å². The van der Waals surface area contributed by atoms with Gasteiger partial charge < -0.3 is 19.3 Å². The molecule has 0 fully saturated rings. The summed E-state index contributed by atoms with van der Waals surface area (Å²) >= 11 is 0. The van der Waals surface area contributed by atoms with Crippen LogP contribution in [-0.2, 0) is 11.3 Å². The monoisotopic (exact) mass is 680 g/mol. The van der Waals surface area contributed by atoms with E-state index >= 15 is 0 Å². The van der Waals surface area contributed by atoms with Crippen molar-refractivity contribution < 1.29 is 14.3 Å². The largest absolute Gasteiger partial charge is 0.475 e. The minimum absolute atomic E-state index is 0.0326. The predicted octanol–water partition coefficient (Wildman–Crippen LogP) is 8.19. The lowest BCUT2D eigenvalue weighted by molar-refractivity contribution is 0.0509. The Morgan fingerprint density at radius 2 is 1.56 bits per heavy atom. The maximum absolute atomic E-state index is 14.5. The number of aryl methyl sites for hydroxylation is 4. The van der Waals surface area contributed by atoms with Crippen LogP contribution in [0.25, 0.3) is 11.3 Å². The lowest BCUT2D eigenvalue weighted by atomic mass is 9.87. The molecule has 0 unspecified atom stereocenters. The third kappa shape index (κ3) is 11.1. The molecule has 4 aromatic rings. The molecule has 0 bridgehead atoms. The fourth-order valence-electron chi connectivity index (χ4n) is 6.27. The van der Waals surface area contributed by atoms with Crippen LogP contribution >= 0.6 is 0 Å². The maximum atomic E-state index is 14.5. The second kappa shape index (κ2) is 16.6. The Balaban J connectivity index is 1.73. The first-order valence-corrected chi connectivity index (χ1v) is 17.5. The Kier molecular flexibility index (Phi) is 12.7. The smallest absolute Gasteiger partial charge is 0.254 e. The van der Waals surface area contributed by atoms with Gasteiger partial charge in [0.1, 0.15) is 18.2 Å². The van der Waals surface area contributed by atoms with Gasteiger partial charge in [0, 0.05) is 37.4 Å². The van der Waals surface area contributed by atoms with Crippen LogP contribution in [0.4, 0.5) is 5.82 Å². The molecule has 0 saturated carbocycles. The SMILES string of the molecule is COCCN(CC(C)(C)C)c1cncc(CN(C(=O)c2cccc(C)c2)[C@@H](COc2cc(-c3c(C)cccc3C)nc(C)n2)CC(C)(C)C)n1. The molecule has 268 valence electrons. The molecule has 0 aliphatic rings. The van der Waals surface area contributed by atoms with E-state index < -0.39 is 0 Å². The molecule has 0 spiro atoms. The summed E-state index contributed by atoms with van der Waals surface area (Å²) < 4.78 is 11.9. The molecule has 0 saturated heterocycles. The molecular formula is C41H56N6O3. The van der Waals surface area contributed by atoms with Gasteiger partial charge in [-0.2, -0.15) is 4.98 Å². The van der Waals surface area contributed by atoms with Gasteiger partial charge in [-0.1, -0.05) is 77.4 Å². The van der Waals surface area contributed by atoms with Crippen molar-refractivity contribution in [3.63, 3.8) is 0 Å². The molecule has 2 aromatic heterocycles. The normalized spacial score (nSPS) is 12.5. The quantitative estimate of drug-likeness (QED) is 0.132. The Hall–Kier alpha value is -4.37. The zero-order valence-corrected chi connectivity index (χ0v) is 32.0. The summed E-state index contributed by atoms with van der Waals surface area (Å²) in [4.78, 5) is 37.7. The molecular weight excluding hydrogens is 624 g/mol. The van der Waals surface area contributed by atoms with Gasteiger partial charge in [-0.05, 0) is 68.2 Å². The number of nitrogens with zero attached hydrogens (tertiary/aromatic N) is 6. The van der Waals surface area contributed by atoms with Crippen molar-refractivity contribution in [3.8, 4) is 17.1 Å². The molecule has 1 amide bonds. The van der Waals surface area contributed by atoms with E-state index in [1.54, 1.807) is 19.5 Å². The number of methoxy groups -OCH3 is 1. The highest BCUT2D eigenvalue weighted by Gasteiger charge is 2.31. The number of amides is 1. The van der Waals surface area contributed by atoms with Crippen LogP contribution < -0.4 is 9.64 Å². The molecule has 9 heteroatoms. The van der Waals surface area contributed by atoms with E-state index in [2.05, 4.69) is 88.5 Å². The van der Waals surface area contributed by atoms with Gasteiger partial charge in [-0.3, -0.25) is 9.78 Å². The van der Waals surface area contributed by atoms with Crippen LogP contribution in [0.2, 0.25) is 0 Å². The number of carbonyl (C=O) groups is 1. The number of hydrogen-bond donors (Lipinski definition) is 0. The Labute approximate surface area is 299 Å². The molecule has 2 aromatic carbocycles. The van der Waals surface area contributed by atoms with E-state index in [1.165, 1.54) is 0 Å². The zero-order valence-electron chi connectivity index (χ0n) is 32.0. The van der Waals surface area contributed by atoms with Gasteiger partial charge in [0.25, 0.3) is 5.91 Å². The van der Waals surface area contributed by atoms with Gasteiger partial charge in [0.15, 0.2) is 0 Å². The average molecular weight is 681 g/mol. The molecule has 0 radical (unpaired) electrons. The van der Waals surface area contributed by atoms with Crippen molar-refractivity contribution in [2.75, 3.05) is 38.3 Å². The van der Waals surface area contributed by atoms with Crippen LogP contribution in [0.15, 0.2) is 60.9 Å². The summed E-state index contributed by atoms with van der Waals surface area (Å²) in [5.41, 5.74) is 6.45. The molecule has 50 heavy (non-hydrogen) atoms. The van der Waals surface area contributed by atoms with Crippen LogP contribution in [0.5, 0.6) is 5.88 Å². The lowest BCUT2D eigenvalue weighted by Gasteiger charge is -2.36. The molecule has 9 nitrogen and oxygen atoms in total. The Morgan fingerprint density at radius 1 is 0.860 bits per heavy atom. The highest BCUT2D eigenvalue weighted by Crippen LogP contribution is 2.30. The maximum Gasteiger partial charge on any atom is 0.254 e. The van der Waals surface area contributed by atoms with Crippen molar-refractivity contribution in [2.24, 2.45) is 10.8 Å². The van der Waals surface area contributed by atoms with E-state index in [0.717, 1.165) is 40.3 Å². The topological polar surface area (TPSA) is 93.6 Å². The summed E-state index contributed by atoms with van der Waals surface area (Å²) in [6, 6.07) is 15.6. The number of hydrogen-bond acceptors (Lipinski definition) is 8. The van der Waals surface area contributed by atoms with Crippen molar-refractivity contribution >= 4 is 11.7 Å². The molecule has 4 rings (SSSR count). The van der Waals surface area contributed by atoms with Gasteiger partial charge in [-0.15, -0.1) is 0 Å². The molecule has 1 atom stereocenters. The van der Waals surface area contributed by atoms with E-state index in [1.807, 2.05) is 49.1 Å². The van der Waals surface area contributed by atoms with Gasteiger partial charge in [-0.25, -0.2) is 9.97 Å². The lowest BCUT2D eigenvalue weighted by Crippen LogP contribution is -2.45. The minimum atomic E-state index is -0.299. The highest BCUT2D eigenvalue weighted by molar-refractivity contribution is 5.94. The van der Waals surface area contributed by atoms with Gasteiger partial charge >= 0.3 is 0 Å². The average Bonchev–Trinajstić information content (AvgIpc) is 3.02. The fourth-order valence-corrected chi connectivity index (χ4v) is 6.27. The first-order valence-electron chi connectivity index (χ1n) is 17.5. The summed E-state index contributed by atoms with van der Waals surface area (Å²) in [5, 5.41) is 0. The van der Waals surface area contributed by atoms with Gasteiger partial charge in [0.05, 0.1) is 43.0 Å². The number of carbonyl (C=O) groups excluding carboxylic acids is 1. The summed E-state index contributed by atoms with van der Waals surface area (Å²) in [7, 11) is 1.71. The van der Waals surface area contributed by atoms with Crippen LogP contribution in [0.1, 0.15) is 86.5 Å². The van der Waals surface area contributed by atoms with Crippen molar-refractivity contribution in [1.29, 1.82) is 0 Å². The van der Waals surface area contributed by atoms with E-state index in [4.69, 9.17) is 19.4 Å².